The maximum absolute atomic E-state index is 12.8. The molecule has 2 aromatic heterocycles. The topological polar surface area (TPSA) is 17.8 Å². The number of aromatic nitrogens is 2. The minimum Gasteiger partial charge on any atom is -0.170 e. The summed E-state index contributed by atoms with van der Waals surface area (Å²) in [6.07, 6.45) is -4.48. The van der Waals surface area contributed by atoms with Gasteiger partial charge in [0.2, 0.25) is 0 Å². The summed E-state index contributed by atoms with van der Waals surface area (Å²) >= 11 is 1.27. The fourth-order valence-corrected chi connectivity index (χ4v) is 2.20. The van der Waals surface area contributed by atoms with Crippen LogP contribution in [0.2, 0.25) is 0 Å². The van der Waals surface area contributed by atoms with Gasteiger partial charge in [-0.1, -0.05) is 19.9 Å². The van der Waals surface area contributed by atoms with Gasteiger partial charge in [0, 0.05) is 0 Å². The Morgan fingerprint density at radius 3 is 2.53 bits per heavy atom. The molecule has 2 nitrogen and oxygen atoms in total. The molecule has 2 heterocycles. The summed E-state index contributed by atoms with van der Waals surface area (Å²) < 4.78 is 38.6. The maximum Gasteiger partial charge on any atom is 0.505 e. The monoisotopic (exact) mass is 260 g/mol. The second-order valence-electron chi connectivity index (χ2n) is 3.97. The molecule has 0 unspecified atom stereocenters. The number of rotatable bonds is 2. The third kappa shape index (κ3) is 2.36. The average Bonchev–Trinajstić information content (AvgIpc) is 2.85. The zero-order chi connectivity index (χ0) is 12.6. The summed E-state index contributed by atoms with van der Waals surface area (Å²) in [5, 5.41) is 5.38. The molecule has 2 aromatic rings. The quantitative estimate of drug-likeness (QED) is 0.790. The molecule has 0 aliphatic carbocycles. The highest BCUT2D eigenvalue weighted by Crippen LogP contribution is 2.33. The van der Waals surface area contributed by atoms with E-state index in [1.807, 2.05) is 13.8 Å². The van der Waals surface area contributed by atoms with Crippen LogP contribution in [0.5, 0.6) is 0 Å². The molecule has 6 heteroatoms. The lowest BCUT2D eigenvalue weighted by Gasteiger charge is -2.09. The summed E-state index contributed by atoms with van der Waals surface area (Å²) in [5.74, 6) is -0.0303. The second kappa shape index (κ2) is 4.18. The molecular formula is C11H11F3N2S. The van der Waals surface area contributed by atoms with Gasteiger partial charge < -0.3 is 0 Å². The van der Waals surface area contributed by atoms with Gasteiger partial charge in [-0.25, -0.2) is 0 Å². The van der Waals surface area contributed by atoms with Gasteiger partial charge in [0.05, 0.1) is 16.3 Å². The van der Waals surface area contributed by atoms with E-state index in [0.717, 1.165) is 0 Å². The van der Waals surface area contributed by atoms with E-state index in [1.54, 1.807) is 17.5 Å². The van der Waals surface area contributed by atoms with E-state index >= 15 is 0 Å². The Hall–Kier alpha value is -1.30. The highest BCUT2D eigenvalue weighted by Gasteiger charge is 2.35. The standard InChI is InChI=1S/C11H11F3N2S/c1-7(2)8-6-9(10-4-3-5-17-10)16(15-8)11(12,13)14/h3-7H,1-2H3. The van der Waals surface area contributed by atoms with Gasteiger partial charge in [-0.2, -0.15) is 9.78 Å². The van der Waals surface area contributed by atoms with Gasteiger partial charge in [-0.05, 0) is 23.4 Å². The molecule has 0 N–H and O–H groups in total. The molecule has 0 saturated heterocycles. The molecule has 0 spiro atoms. The average molecular weight is 260 g/mol. The van der Waals surface area contributed by atoms with E-state index in [4.69, 9.17) is 0 Å². The largest absolute Gasteiger partial charge is 0.505 e. The predicted octanol–water partition coefficient (Wildman–Crippen LogP) is 4.21. The molecular weight excluding hydrogens is 249 g/mol. The highest BCUT2D eigenvalue weighted by molar-refractivity contribution is 7.13. The van der Waals surface area contributed by atoms with E-state index in [1.165, 1.54) is 17.4 Å². The first kappa shape index (κ1) is 12.2. The minimum atomic E-state index is -4.48. The van der Waals surface area contributed by atoms with Gasteiger partial charge >= 0.3 is 6.30 Å². The first-order valence-corrected chi connectivity index (χ1v) is 5.98. The van der Waals surface area contributed by atoms with E-state index < -0.39 is 6.30 Å². The Labute approximate surface area is 101 Å². The van der Waals surface area contributed by atoms with Crippen molar-refractivity contribution in [3.05, 3.63) is 29.3 Å². The maximum atomic E-state index is 12.8. The number of nitrogens with zero attached hydrogens (tertiary/aromatic N) is 2. The molecule has 0 bridgehead atoms. The van der Waals surface area contributed by atoms with E-state index in [2.05, 4.69) is 5.10 Å². The van der Waals surface area contributed by atoms with Crippen molar-refractivity contribution in [2.45, 2.75) is 26.1 Å². The van der Waals surface area contributed by atoms with E-state index in [0.29, 0.717) is 10.6 Å². The molecule has 92 valence electrons. The molecule has 0 aliphatic heterocycles. The molecule has 0 amide bonds. The number of hydrogen-bond donors (Lipinski definition) is 0. The van der Waals surface area contributed by atoms with Crippen LogP contribution in [-0.4, -0.2) is 9.78 Å². The van der Waals surface area contributed by atoms with E-state index in [9.17, 15) is 13.2 Å². The normalized spacial score (nSPS) is 12.4. The van der Waals surface area contributed by atoms with Crippen molar-refractivity contribution in [1.82, 2.24) is 9.78 Å². The summed E-state index contributed by atoms with van der Waals surface area (Å²) in [4.78, 5) is 0.571. The third-order valence-corrected chi connectivity index (χ3v) is 3.23. The lowest BCUT2D eigenvalue weighted by atomic mass is 10.1. The van der Waals surface area contributed by atoms with Gasteiger partial charge in [-0.3, -0.25) is 0 Å². The fraction of sp³-hybridized carbons (Fsp3) is 0.364. The molecule has 0 radical (unpaired) electrons. The summed E-state index contributed by atoms with van der Waals surface area (Å²) in [5.41, 5.74) is 0.557. The zero-order valence-electron chi connectivity index (χ0n) is 9.32. The number of hydrogen-bond acceptors (Lipinski definition) is 2. The second-order valence-corrected chi connectivity index (χ2v) is 4.91. The highest BCUT2D eigenvalue weighted by atomic mass is 32.1. The van der Waals surface area contributed by atoms with Crippen LogP contribution in [0.3, 0.4) is 0 Å². The predicted molar refractivity (Wildman–Crippen MR) is 60.9 cm³/mol. The van der Waals surface area contributed by atoms with Gasteiger partial charge in [0.15, 0.2) is 0 Å². The van der Waals surface area contributed by atoms with Crippen LogP contribution >= 0.6 is 11.3 Å². The SMILES string of the molecule is CC(C)c1cc(-c2cccs2)n(C(F)(F)F)n1. The molecule has 2 rings (SSSR count). The number of halogens is 3. The third-order valence-electron chi connectivity index (χ3n) is 2.33. The first-order chi connectivity index (χ1) is 7.89. The van der Waals surface area contributed by atoms with Crippen molar-refractivity contribution in [1.29, 1.82) is 0 Å². The smallest absolute Gasteiger partial charge is 0.170 e. The van der Waals surface area contributed by atoms with Crippen LogP contribution in [0.25, 0.3) is 10.6 Å². The lowest BCUT2D eigenvalue weighted by molar-refractivity contribution is -0.211. The van der Waals surface area contributed by atoms with Gasteiger partial charge in [0.1, 0.15) is 0 Å². The van der Waals surface area contributed by atoms with Crippen LogP contribution in [0, 0.1) is 0 Å². The van der Waals surface area contributed by atoms with E-state index in [-0.39, 0.29) is 16.3 Å². The van der Waals surface area contributed by atoms with Crippen molar-refractivity contribution in [3.63, 3.8) is 0 Å². The van der Waals surface area contributed by atoms with Crippen LogP contribution in [0.15, 0.2) is 23.6 Å². The zero-order valence-corrected chi connectivity index (χ0v) is 10.1. The Balaban J connectivity index is 2.57. The summed E-state index contributed by atoms with van der Waals surface area (Å²) in [7, 11) is 0. The fourth-order valence-electron chi connectivity index (χ4n) is 1.47. The number of alkyl halides is 3. The van der Waals surface area contributed by atoms with Crippen molar-refractivity contribution in [3.8, 4) is 10.6 Å². The summed E-state index contributed by atoms with van der Waals surface area (Å²) in [6.45, 7) is 3.64. The molecule has 0 fully saturated rings. The van der Waals surface area contributed by atoms with Gasteiger partial charge in [0.25, 0.3) is 0 Å². The summed E-state index contributed by atoms with van der Waals surface area (Å²) in [6, 6.07) is 4.89. The Morgan fingerprint density at radius 2 is 2.06 bits per heavy atom. The van der Waals surface area contributed by atoms with Crippen molar-refractivity contribution >= 4 is 11.3 Å². The van der Waals surface area contributed by atoms with Crippen molar-refractivity contribution < 1.29 is 13.2 Å². The Bertz CT molecular complexity index is 497. The minimum absolute atomic E-state index is 0.0303. The van der Waals surface area contributed by atoms with Crippen LogP contribution in [-0.2, 0) is 6.30 Å². The van der Waals surface area contributed by atoms with Crippen LogP contribution in [0.4, 0.5) is 13.2 Å². The van der Waals surface area contributed by atoms with Gasteiger partial charge in [-0.15, -0.1) is 24.5 Å². The molecule has 0 saturated carbocycles. The molecule has 17 heavy (non-hydrogen) atoms. The first-order valence-electron chi connectivity index (χ1n) is 5.10. The molecule has 0 aromatic carbocycles. The lowest BCUT2D eigenvalue weighted by Crippen LogP contribution is -2.19. The van der Waals surface area contributed by atoms with Crippen LogP contribution < -0.4 is 0 Å². The van der Waals surface area contributed by atoms with Crippen LogP contribution in [0.1, 0.15) is 25.5 Å². The Morgan fingerprint density at radius 1 is 1.35 bits per heavy atom. The Kier molecular flexibility index (Phi) is 2.99. The van der Waals surface area contributed by atoms with Crippen molar-refractivity contribution in [2.75, 3.05) is 0 Å². The van der Waals surface area contributed by atoms with Crippen molar-refractivity contribution in [2.24, 2.45) is 0 Å². The molecule has 0 atom stereocenters. The molecule has 0 aliphatic rings. The number of thiophene rings is 1.